The smallest absolute Gasteiger partial charge is 0.264 e. The van der Waals surface area contributed by atoms with Gasteiger partial charge in [-0.3, -0.25) is 9.59 Å². The van der Waals surface area contributed by atoms with Crippen LogP contribution in [0.5, 0.6) is 0 Å². The SMILES string of the molecule is Cc1cc(C(=O)N2CCN(C(=O)c3cc(C)c(C)s3)CC2)c(C)o1. The van der Waals surface area contributed by atoms with Crippen LogP contribution in [0.25, 0.3) is 0 Å². The maximum Gasteiger partial charge on any atom is 0.264 e. The van der Waals surface area contributed by atoms with Crippen molar-refractivity contribution < 1.29 is 14.0 Å². The first kappa shape index (κ1) is 16.8. The predicted molar refractivity (Wildman–Crippen MR) is 93.8 cm³/mol. The van der Waals surface area contributed by atoms with E-state index in [1.807, 2.05) is 38.7 Å². The Hall–Kier alpha value is -2.08. The molecule has 6 heteroatoms. The summed E-state index contributed by atoms with van der Waals surface area (Å²) in [5.41, 5.74) is 1.78. The Labute approximate surface area is 145 Å². The van der Waals surface area contributed by atoms with Crippen LogP contribution in [0.4, 0.5) is 0 Å². The number of hydrogen-bond acceptors (Lipinski definition) is 4. The Balaban J connectivity index is 1.64. The third kappa shape index (κ3) is 3.11. The van der Waals surface area contributed by atoms with E-state index in [2.05, 4.69) is 0 Å². The largest absolute Gasteiger partial charge is 0.466 e. The van der Waals surface area contributed by atoms with Crippen LogP contribution in [0, 0.1) is 27.7 Å². The van der Waals surface area contributed by atoms with Gasteiger partial charge in [-0.1, -0.05) is 0 Å². The molecule has 0 bridgehead atoms. The molecule has 1 aliphatic rings. The van der Waals surface area contributed by atoms with Gasteiger partial charge in [0.2, 0.25) is 0 Å². The number of aryl methyl sites for hydroxylation is 4. The maximum atomic E-state index is 12.6. The Morgan fingerprint density at radius 2 is 1.54 bits per heavy atom. The van der Waals surface area contributed by atoms with Crippen LogP contribution in [0.15, 0.2) is 16.5 Å². The summed E-state index contributed by atoms with van der Waals surface area (Å²) < 4.78 is 5.45. The highest BCUT2D eigenvalue weighted by Crippen LogP contribution is 2.23. The van der Waals surface area contributed by atoms with Crippen molar-refractivity contribution in [3.05, 3.63) is 44.5 Å². The molecular formula is C18H22N2O3S. The Morgan fingerprint density at radius 1 is 0.958 bits per heavy atom. The maximum absolute atomic E-state index is 12.6. The quantitative estimate of drug-likeness (QED) is 0.839. The van der Waals surface area contributed by atoms with E-state index in [1.165, 1.54) is 4.88 Å². The molecule has 0 aromatic carbocycles. The molecule has 2 amide bonds. The van der Waals surface area contributed by atoms with Gasteiger partial charge in [0.25, 0.3) is 11.8 Å². The predicted octanol–water partition coefficient (Wildman–Crippen LogP) is 3.17. The third-order valence-electron chi connectivity index (χ3n) is 4.50. The normalized spacial score (nSPS) is 15.0. The fraction of sp³-hybridized carbons (Fsp3) is 0.444. The Morgan fingerprint density at radius 3 is 2.00 bits per heavy atom. The van der Waals surface area contributed by atoms with Crippen molar-refractivity contribution in [2.45, 2.75) is 27.7 Å². The first-order valence-electron chi connectivity index (χ1n) is 8.09. The summed E-state index contributed by atoms with van der Waals surface area (Å²) in [4.78, 5) is 30.8. The zero-order valence-corrected chi connectivity index (χ0v) is 15.3. The van der Waals surface area contributed by atoms with Gasteiger partial charge in [0, 0.05) is 31.1 Å². The molecule has 3 heterocycles. The molecule has 2 aromatic heterocycles. The van der Waals surface area contributed by atoms with Gasteiger partial charge in [-0.25, -0.2) is 0 Å². The number of carbonyl (C=O) groups is 2. The first-order chi connectivity index (χ1) is 11.4. The molecule has 2 aromatic rings. The molecule has 1 fully saturated rings. The lowest BCUT2D eigenvalue weighted by Crippen LogP contribution is -2.50. The summed E-state index contributed by atoms with van der Waals surface area (Å²) in [5.74, 6) is 1.45. The van der Waals surface area contributed by atoms with E-state index >= 15 is 0 Å². The summed E-state index contributed by atoms with van der Waals surface area (Å²) in [5, 5.41) is 0. The van der Waals surface area contributed by atoms with Gasteiger partial charge in [-0.05, 0) is 45.4 Å². The number of carbonyl (C=O) groups excluding carboxylic acids is 2. The van der Waals surface area contributed by atoms with E-state index in [9.17, 15) is 9.59 Å². The number of furan rings is 1. The average molecular weight is 346 g/mol. The number of amides is 2. The molecule has 5 nitrogen and oxygen atoms in total. The lowest BCUT2D eigenvalue weighted by Gasteiger charge is -2.34. The highest BCUT2D eigenvalue weighted by molar-refractivity contribution is 7.14. The van der Waals surface area contributed by atoms with Gasteiger partial charge >= 0.3 is 0 Å². The first-order valence-corrected chi connectivity index (χ1v) is 8.91. The second-order valence-corrected chi connectivity index (χ2v) is 7.52. The fourth-order valence-corrected chi connectivity index (χ4v) is 3.96. The zero-order chi connectivity index (χ0) is 17.4. The lowest BCUT2D eigenvalue weighted by atomic mass is 10.2. The van der Waals surface area contributed by atoms with Crippen LogP contribution in [0.1, 0.15) is 42.0 Å². The van der Waals surface area contributed by atoms with Crippen molar-refractivity contribution in [1.29, 1.82) is 0 Å². The van der Waals surface area contributed by atoms with Crippen LogP contribution in [-0.4, -0.2) is 47.8 Å². The minimum atomic E-state index is -0.0146. The minimum Gasteiger partial charge on any atom is -0.466 e. The molecular weight excluding hydrogens is 324 g/mol. The molecule has 0 aliphatic carbocycles. The molecule has 24 heavy (non-hydrogen) atoms. The summed E-state index contributed by atoms with van der Waals surface area (Å²) in [6, 6.07) is 3.74. The van der Waals surface area contributed by atoms with Crippen LogP contribution < -0.4 is 0 Å². The van der Waals surface area contributed by atoms with E-state index in [4.69, 9.17) is 4.42 Å². The zero-order valence-electron chi connectivity index (χ0n) is 14.5. The molecule has 0 N–H and O–H groups in total. The van der Waals surface area contributed by atoms with E-state index in [1.54, 1.807) is 22.3 Å². The second kappa shape index (κ2) is 6.43. The van der Waals surface area contributed by atoms with Gasteiger partial charge in [0.15, 0.2) is 0 Å². The molecule has 0 saturated carbocycles. The van der Waals surface area contributed by atoms with Crippen molar-refractivity contribution in [2.24, 2.45) is 0 Å². The van der Waals surface area contributed by atoms with Gasteiger partial charge in [-0.2, -0.15) is 0 Å². The molecule has 1 aliphatic heterocycles. The number of rotatable bonds is 2. The lowest BCUT2D eigenvalue weighted by molar-refractivity contribution is 0.0537. The average Bonchev–Trinajstić information content (AvgIpc) is 3.08. The monoisotopic (exact) mass is 346 g/mol. The number of piperazine rings is 1. The van der Waals surface area contributed by atoms with E-state index < -0.39 is 0 Å². The molecule has 128 valence electrons. The summed E-state index contributed by atoms with van der Waals surface area (Å²) in [6.45, 7) is 9.94. The molecule has 0 radical (unpaired) electrons. The Kier molecular flexibility index (Phi) is 4.49. The van der Waals surface area contributed by atoms with Crippen molar-refractivity contribution in [3.63, 3.8) is 0 Å². The van der Waals surface area contributed by atoms with Crippen LogP contribution in [0.3, 0.4) is 0 Å². The van der Waals surface area contributed by atoms with Crippen molar-refractivity contribution >= 4 is 23.2 Å². The van der Waals surface area contributed by atoms with Gasteiger partial charge in [-0.15, -0.1) is 11.3 Å². The Bertz CT molecular complexity index is 763. The summed E-state index contributed by atoms with van der Waals surface area (Å²) >= 11 is 1.54. The van der Waals surface area contributed by atoms with Gasteiger partial charge < -0.3 is 14.2 Å². The second-order valence-electron chi connectivity index (χ2n) is 6.26. The van der Waals surface area contributed by atoms with Gasteiger partial charge in [0.1, 0.15) is 11.5 Å². The van der Waals surface area contributed by atoms with Crippen LogP contribution in [0.2, 0.25) is 0 Å². The van der Waals surface area contributed by atoms with E-state index in [-0.39, 0.29) is 11.8 Å². The topological polar surface area (TPSA) is 53.8 Å². The van der Waals surface area contributed by atoms with Crippen molar-refractivity contribution in [3.8, 4) is 0 Å². The van der Waals surface area contributed by atoms with Crippen molar-refractivity contribution in [2.75, 3.05) is 26.2 Å². The number of nitrogens with zero attached hydrogens (tertiary/aromatic N) is 2. The van der Waals surface area contributed by atoms with Gasteiger partial charge in [0.05, 0.1) is 10.4 Å². The molecule has 1 saturated heterocycles. The third-order valence-corrected chi connectivity index (χ3v) is 5.64. The standard InChI is InChI=1S/C18H22N2O3S/c1-11-9-16(24-14(11)4)18(22)20-7-5-19(6-8-20)17(21)15-10-12(2)23-13(15)3/h9-10H,5-8H2,1-4H3. The minimum absolute atomic E-state index is 0.0146. The highest BCUT2D eigenvalue weighted by atomic mass is 32.1. The van der Waals surface area contributed by atoms with E-state index in [0.29, 0.717) is 37.5 Å². The highest BCUT2D eigenvalue weighted by Gasteiger charge is 2.27. The molecule has 0 spiro atoms. The van der Waals surface area contributed by atoms with Crippen LogP contribution >= 0.6 is 11.3 Å². The summed E-state index contributed by atoms with van der Waals surface area (Å²) in [7, 11) is 0. The van der Waals surface area contributed by atoms with E-state index in [0.717, 1.165) is 16.2 Å². The van der Waals surface area contributed by atoms with Crippen molar-refractivity contribution in [1.82, 2.24) is 9.80 Å². The fourth-order valence-electron chi connectivity index (χ4n) is 2.96. The molecule has 0 atom stereocenters. The number of hydrogen-bond donors (Lipinski definition) is 0. The molecule has 3 rings (SSSR count). The van der Waals surface area contributed by atoms with Crippen LogP contribution in [-0.2, 0) is 0 Å². The molecule has 0 unspecified atom stereocenters. The summed E-state index contributed by atoms with van der Waals surface area (Å²) in [6.07, 6.45) is 0. The number of thiophene rings is 1.